The summed E-state index contributed by atoms with van der Waals surface area (Å²) in [6.07, 6.45) is -7.73. The van der Waals surface area contributed by atoms with E-state index in [1.54, 1.807) is 0 Å². The van der Waals surface area contributed by atoms with Crippen LogP contribution in [-0.4, -0.2) is 79.7 Å². The van der Waals surface area contributed by atoms with Gasteiger partial charge < -0.3 is 54.4 Å². The van der Waals surface area contributed by atoms with Gasteiger partial charge in [0.1, 0.15) is 46.9 Å². The first-order chi connectivity index (χ1) is 17.5. The first-order valence-electron chi connectivity index (χ1n) is 11.5. The van der Waals surface area contributed by atoms with Gasteiger partial charge in [-0.15, -0.1) is 0 Å². The number of aromatic hydroxyl groups is 3. The van der Waals surface area contributed by atoms with E-state index in [0.717, 1.165) is 6.07 Å². The first kappa shape index (κ1) is 26.5. The van der Waals surface area contributed by atoms with Crippen LogP contribution in [0.5, 0.6) is 28.7 Å². The molecule has 0 radical (unpaired) electrons. The third-order valence-corrected chi connectivity index (χ3v) is 5.81. The van der Waals surface area contributed by atoms with Crippen LogP contribution in [0.2, 0.25) is 0 Å². The van der Waals surface area contributed by atoms with E-state index in [0.29, 0.717) is 0 Å². The van der Waals surface area contributed by atoms with Gasteiger partial charge in [0.15, 0.2) is 17.3 Å². The number of fused-ring (bicyclic) bond motifs is 1. The van der Waals surface area contributed by atoms with Crippen LogP contribution in [0, 0.1) is 5.92 Å². The minimum atomic E-state index is -1.70. The number of aliphatic hydroxyl groups excluding tert-OH is 4. The van der Waals surface area contributed by atoms with E-state index in [-0.39, 0.29) is 52.1 Å². The zero-order chi connectivity index (χ0) is 27.0. The van der Waals surface area contributed by atoms with Gasteiger partial charge in [0.25, 0.3) is 0 Å². The molecule has 2 heterocycles. The molecule has 0 bridgehead atoms. The smallest absolute Gasteiger partial charge is 0.239 e. The summed E-state index contributed by atoms with van der Waals surface area (Å²) < 4.78 is 22.5. The minimum absolute atomic E-state index is 0.0408. The number of aliphatic hydroxyl groups is 4. The van der Waals surface area contributed by atoms with Crippen molar-refractivity contribution in [2.24, 2.45) is 5.92 Å². The second-order valence-corrected chi connectivity index (χ2v) is 9.13. The molecule has 12 heteroatoms. The molecule has 0 unspecified atom stereocenters. The van der Waals surface area contributed by atoms with Gasteiger partial charge in [-0.3, -0.25) is 4.79 Å². The maximum atomic E-state index is 13.4. The van der Waals surface area contributed by atoms with Crippen molar-refractivity contribution in [1.29, 1.82) is 0 Å². The van der Waals surface area contributed by atoms with Gasteiger partial charge in [0.05, 0.1) is 13.2 Å². The molecule has 0 amide bonds. The Morgan fingerprint density at radius 1 is 0.946 bits per heavy atom. The highest BCUT2D eigenvalue weighted by atomic mass is 16.7. The molecule has 0 spiro atoms. The van der Waals surface area contributed by atoms with Gasteiger partial charge in [0, 0.05) is 17.7 Å². The predicted molar refractivity (Wildman–Crippen MR) is 128 cm³/mol. The maximum Gasteiger partial charge on any atom is 0.239 e. The molecule has 1 aliphatic heterocycles. The molecular weight excluding hydrogens is 492 g/mol. The highest BCUT2D eigenvalue weighted by Crippen LogP contribution is 2.39. The standard InChI is InChI=1S/C25H28O12/c1-10(2)9-34-24-20(31)18-15(29)6-12(35-25-22(33)21(32)19(30)17(8-26)37-25)7-16(18)36-23(24)11-3-4-13(27)14(28)5-11/h3-7,10,17,19,21-22,25-30,32-33H,8-9H2,1-2H3/t17-,19-,21+,22-,25-/m1/s1. The molecular formula is C25H28O12. The maximum absolute atomic E-state index is 13.4. The van der Waals surface area contributed by atoms with Crippen molar-refractivity contribution in [2.45, 2.75) is 44.6 Å². The molecule has 37 heavy (non-hydrogen) atoms. The topological polar surface area (TPSA) is 200 Å². The lowest BCUT2D eigenvalue weighted by molar-refractivity contribution is -0.277. The fourth-order valence-electron chi connectivity index (χ4n) is 3.86. The summed E-state index contributed by atoms with van der Waals surface area (Å²) >= 11 is 0. The van der Waals surface area contributed by atoms with Crippen LogP contribution in [0.1, 0.15) is 13.8 Å². The average Bonchev–Trinajstić information content (AvgIpc) is 2.84. The fourth-order valence-corrected chi connectivity index (χ4v) is 3.86. The largest absolute Gasteiger partial charge is 0.507 e. The van der Waals surface area contributed by atoms with Crippen molar-refractivity contribution in [3.05, 3.63) is 40.6 Å². The normalized spacial score (nSPS) is 23.9. The Hall–Kier alpha value is -3.55. The molecule has 3 aromatic rings. The van der Waals surface area contributed by atoms with Crippen LogP contribution in [0.4, 0.5) is 0 Å². The lowest BCUT2D eigenvalue weighted by Crippen LogP contribution is -2.60. The Morgan fingerprint density at radius 2 is 1.68 bits per heavy atom. The summed E-state index contributed by atoms with van der Waals surface area (Å²) in [6.45, 7) is 3.22. The molecule has 12 nitrogen and oxygen atoms in total. The molecule has 200 valence electrons. The van der Waals surface area contributed by atoms with Crippen LogP contribution in [0.25, 0.3) is 22.3 Å². The van der Waals surface area contributed by atoms with E-state index in [1.807, 2.05) is 13.8 Å². The first-order valence-corrected chi connectivity index (χ1v) is 11.5. The number of hydrogen-bond donors (Lipinski definition) is 7. The Morgan fingerprint density at radius 3 is 2.32 bits per heavy atom. The summed E-state index contributed by atoms with van der Waals surface area (Å²) in [5.41, 5.74) is -0.654. The molecule has 1 saturated heterocycles. The lowest BCUT2D eigenvalue weighted by Gasteiger charge is -2.39. The fraction of sp³-hybridized carbons (Fsp3) is 0.400. The lowest BCUT2D eigenvalue weighted by atomic mass is 9.99. The number of phenolic OH excluding ortho intramolecular Hbond substituents is 3. The van der Waals surface area contributed by atoms with E-state index >= 15 is 0 Å². The zero-order valence-corrected chi connectivity index (χ0v) is 19.9. The quantitative estimate of drug-likeness (QED) is 0.216. The summed E-state index contributed by atoms with van der Waals surface area (Å²) in [5.74, 6) is -1.78. The van der Waals surface area contributed by atoms with E-state index in [1.165, 1.54) is 24.3 Å². The molecule has 1 fully saturated rings. The predicted octanol–water partition coefficient (Wildman–Crippen LogP) is 0.790. The SMILES string of the molecule is CC(C)COc1c(-c2ccc(O)c(O)c2)oc2cc(O[C@@H]3O[C@H](CO)[C@@H](O)[C@H](O)[C@H]3O)cc(O)c2c1=O. The summed E-state index contributed by atoms with van der Waals surface area (Å²) in [6, 6.07) is 6.08. The Balaban J connectivity index is 1.81. The van der Waals surface area contributed by atoms with Crippen molar-refractivity contribution in [1.82, 2.24) is 0 Å². The molecule has 7 N–H and O–H groups in total. The van der Waals surface area contributed by atoms with E-state index < -0.39 is 54.2 Å². The Labute approximate surface area is 210 Å². The summed E-state index contributed by atoms with van der Waals surface area (Å²) in [7, 11) is 0. The third kappa shape index (κ3) is 5.15. The van der Waals surface area contributed by atoms with Crippen molar-refractivity contribution in [3.8, 4) is 40.1 Å². The molecule has 4 rings (SSSR count). The third-order valence-electron chi connectivity index (χ3n) is 5.81. The monoisotopic (exact) mass is 520 g/mol. The molecule has 2 aromatic carbocycles. The number of phenols is 3. The molecule has 5 atom stereocenters. The summed E-state index contributed by atoms with van der Waals surface area (Å²) in [4.78, 5) is 13.4. The van der Waals surface area contributed by atoms with Crippen LogP contribution >= 0.6 is 0 Å². The highest BCUT2D eigenvalue weighted by Gasteiger charge is 2.44. The average molecular weight is 520 g/mol. The van der Waals surface area contributed by atoms with Crippen LogP contribution < -0.4 is 14.9 Å². The highest BCUT2D eigenvalue weighted by molar-refractivity contribution is 5.88. The van der Waals surface area contributed by atoms with Crippen LogP contribution in [0.15, 0.2) is 39.5 Å². The van der Waals surface area contributed by atoms with Gasteiger partial charge in [-0.1, -0.05) is 13.8 Å². The van der Waals surface area contributed by atoms with Gasteiger partial charge in [-0.2, -0.15) is 0 Å². The van der Waals surface area contributed by atoms with Gasteiger partial charge in [-0.05, 0) is 24.1 Å². The van der Waals surface area contributed by atoms with E-state index in [2.05, 4.69) is 0 Å². The van der Waals surface area contributed by atoms with Crippen molar-refractivity contribution < 1.29 is 54.4 Å². The van der Waals surface area contributed by atoms with Crippen molar-refractivity contribution >= 4 is 11.0 Å². The van der Waals surface area contributed by atoms with Crippen molar-refractivity contribution in [2.75, 3.05) is 13.2 Å². The van der Waals surface area contributed by atoms with Gasteiger partial charge in [-0.25, -0.2) is 0 Å². The van der Waals surface area contributed by atoms with E-state index in [4.69, 9.17) is 18.6 Å². The number of ether oxygens (including phenoxy) is 3. The Kier molecular flexibility index (Phi) is 7.48. The number of benzene rings is 2. The van der Waals surface area contributed by atoms with Gasteiger partial charge in [0.2, 0.25) is 17.5 Å². The van der Waals surface area contributed by atoms with Crippen LogP contribution in [0.3, 0.4) is 0 Å². The molecule has 1 aromatic heterocycles. The minimum Gasteiger partial charge on any atom is -0.507 e. The summed E-state index contributed by atoms with van der Waals surface area (Å²) in [5, 5.41) is 69.7. The molecule has 1 aliphatic rings. The van der Waals surface area contributed by atoms with E-state index in [9.17, 15) is 40.5 Å². The Bertz CT molecular complexity index is 1330. The number of rotatable bonds is 7. The zero-order valence-electron chi connectivity index (χ0n) is 19.9. The molecule has 0 aliphatic carbocycles. The second kappa shape index (κ2) is 10.4. The van der Waals surface area contributed by atoms with Crippen molar-refractivity contribution in [3.63, 3.8) is 0 Å². The van der Waals surface area contributed by atoms with Gasteiger partial charge >= 0.3 is 0 Å². The van der Waals surface area contributed by atoms with Crippen LogP contribution in [-0.2, 0) is 4.74 Å². The number of hydrogen-bond acceptors (Lipinski definition) is 12. The second-order valence-electron chi connectivity index (χ2n) is 9.13. The molecule has 0 saturated carbocycles.